The summed E-state index contributed by atoms with van der Waals surface area (Å²) in [5.74, 6) is -1.32. The average Bonchev–Trinajstić information content (AvgIpc) is 2.58. The Hall–Kier alpha value is -2.50. The molecule has 0 fully saturated rings. The molecule has 1 aromatic carbocycles. The van der Waals surface area contributed by atoms with Crippen LogP contribution in [0.5, 0.6) is 0 Å². The van der Waals surface area contributed by atoms with Crippen molar-refractivity contribution in [2.24, 2.45) is 0 Å². The van der Waals surface area contributed by atoms with Crippen LogP contribution in [-0.2, 0) is 0 Å². The largest absolute Gasteiger partial charge is 0.339 e. The van der Waals surface area contributed by atoms with Crippen LogP contribution >= 0.6 is 0 Å². The number of carbonyl (C=O) groups is 1. The van der Waals surface area contributed by atoms with Crippen molar-refractivity contribution in [1.82, 2.24) is 9.88 Å². The minimum atomic E-state index is -0.716. The Bertz CT molecular complexity index is 680. The molecule has 0 bridgehead atoms. The zero-order chi connectivity index (χ0) is 17.5. The van der Waals surface area contributed by atoms with Crippen LogP contribution in [0.25, 0.3) is 0 Å². The number of halogens is 2. The molecule has 0 unspecified atom stereocenters. The number of pyridine rings is 1. The lowest BCUT2D eigenvalue weighted by molar-refractivity contribution is 0.0755. The van der Waals surface area contributed by atoms with Gasteiger partial charge in [-0.05, 0) is 37.1 Å². The van der Waals surface area contributed by atoms with Crippen LogP contribution in [0.4, 0.5) is 20.3 Å². The van der Waals surface area contributed by atoms with Gasteiger partial charge in [-0.1, -0.05) is 19.9 Å². The second-order valence-corrected chi connectivity index (χ2v) is 5.44. The number of nitrogens with zero attached hydrogens (tertiary/aromatic N) is 2. The van der Waals surface area contributed by atoms with Crippen LogP contribution in [0, 0.1) is 11.6 Å². The number of anilines is 2. The smallest absolute Gasteiger partial charge is 0.254 e. The highest BCUT2D eigenvalue weighted by molar-refractivity contribution is 5.95. The number of carbonyl (C=O) groups excluding carboxylic acids is 1. The Balaban J connectivity index is 2.23. The minimum absolute atomic E-state index is 0.113. The third kappa shape index (κ3) is 4.28. The summed E-state index contributed by atoms with van der Waals surface area (Å²) in [5.41, 5.74) is 0.153. The molecule has 0 aliphatic rings. The number of para-hydroxylation sites is 1. The summed E-state index contributed by atoms with van der Waals surface area (Å²) >= 11 is 0. The molecule has 0 saturated carbocycles. The molecule has 1 aromatic heterocycles. The number of nitrogens with one attached hydrogen (secondary N) is 1. The SMILES string of the molecule is CCCN(CCC)C(=O)c1ccnc(Nc2c(F)cccc2F)c1. The molecule has 0 atom stereocenters. The Morgan fingerprint density at radius 2 is 1.75 bits per heavy atom. The fraction of sp³-hybridized carbons (Fsp3) is 0.333. The second-order valence-electron chi connectivity index (χ2n) is 5.44. The number of amides is 1. The molecule has 0 aliphatic heterocycles. The fourth-order valence-corrected chi connectivity index (χ4v) is 2.41. The molecule has 0 saturated heterocycles. The van der Waals surface area contributed by atoms with E-state index in [0.717, 1.165) is 25.0 Å². The Morgan fingerprint density at radius 1 is 1.12 bits per heavy atom. The van der Waals surface area contributed by atoms with Gasteiger partial charge in [-0.3, -0.25) is 4.79 Å². The quantitative estimate of drug-likeness (QED) is 0.818. The van der Waals surface area contributed by atoms with E-state index in [1.165, 1.54) is 18.3 Å². The van der Waals surface area contributed by atoms with Gasteiger partial charge >= 0.3 is 0 Å². The highest BCUT2D eigenvalue weighted by atomic mass is 19.1. The van der Waals surface area contributed by atoms with E-state index in [9.17, 15) is 13.6 Å². The fourth-order valence-electron chi connectivity index (χ4n) is 2.41. The topological polar surface area (TPSA) is 45.2 Å². The number of benzene rings is 1. The van der Waals surface area contributed by atoms with Crippen molar-refractivity contribution in [3.8, 4) is 0 Å². The predicted octanol–water partition coefficient (Wildman–Crippen LogP) is 4.37. The van der Waals surface area contributed by atoms with Crippen molar-refractivity contribution in [2.45, 2.75) is 26.7 Å². The van der Waals surface area contributed by atoms with Gasteiger partial charge in [0.05, 0.1) is 0 Å². The van der Waals surface area contributed by atoms with Crippen LogP contribution in [0.2, 0.25) is 0 Å². The van der Waals surface area contributed by atoms with E-state index < -0.39 is 11.6 Å². The molecule has 1 N–H and O–H groups in total. The molecular formula is C18H21F2N3O. The zero-order valence-electron chi connectivity index (χ0n) is 13.9. The van der Waals surface area contributed by atoms with Gasteiger partial charge in [-0.25, -0.2) is 13.8 Å². The lowest BCUT2D eigenvalue weighted by atomic mass is 10.2. The van der Waals surface area contributed by atoms with Gasteiger partial charge in [0.2, 0.25) is 0 Å². The summed E-state index contributed by atoms with van der Waals surface area (Å²) in [5, 5.41) is 2.61. The summed E-state index contributed by atoms with van der Waals surface area (Å²) in [6.07, 6.45) is 3.18. The van der Waals surface area contributed by atoms with Gasteiger partial charge < -0.3 is 10.2 Å². The molecule has 1 heterocycles. The van der Waals surface area contributed by atoms with Crippen molar-refractivity contribution in [3.63, 3.8) is 0 Å². The summed E-state index contributed by atoms with van der Waals surface area (Å²) < 4.78 is 27.4. The van der Waals surface area contributed by atoms with E-state index in [0.29, 0.717) is 18.7 Å². The van der Waals surface area contributed by atoms with Gasteiger partial charge in [-0.2, -0.15) is 0 Å². The first-order chi connectivity index (χ1) is 11.6. The van der Waals surface area contributed by atoms with E-state index >= 15 is 0 Å². The predicted molar refractivity (Wildman–Crippen MR) is 90.4 cm³/mol. The molecule has 6 heteroatoms. The van der Waals surface area contributed by atoms with Crippen molar-refractivity contribution in [2.75, 3.05) is 18.4 Å². The van der Waals surface area contributed by atoms with Crippen molar-refractivity contribution < 1.29 is 13.6 Å². The molecule has 2 rings (SSSR count). The van der Waals surface area contributed by atoms with Gasteiger partial charge in [-0.15, -0.1) is 0 Å². The highest BCUT2D eigenvalue weighted by Gasteiger charge is 2.16. The van der Waals surface area contributed by atoms with Crippen LogP contribution in [0.15, 0.2) is 36.5 Å². The maximum absolute atomic E-state index is 13.7. The molecule has 1 amide bonds. The summed E-state index contributed by atoms with van der Waals surface area (Å²) in [6.45, 7) is 5.35. The Morgan fingerprint density at radius 3 is 2.33 bits per heavy atom. The van der Waals surface area contributed by atoms with Gasteiger partial charge in [0.25, 0.3) is 5.91 Å². The number of aromatic nitrogens is 1. The maximum Gasteiger partial charge on any atom is 0.254 e. The standard InChI is InChI=1S/C18H21F2N3O/c1-3-10-23(11-4-2)18(24)13-8-9-21-16(12-13)22-17-14(19)6-5-7-15(17)20/h5-9,12H,3-4,10-11H2,1-2H3,(H,21,22). The molecule has 24 heavy (non-hydrogen) atoms. The van der Waals surface area contributed by atoms with Gasteiger partial charge in [0.15, 0.2) is 0 Å². The zero-order valence-corrected chi connectivity index (χ0v) is 13.9. The van der Waals surface area contributed by atoms with Gasteiger partial charge in [0, 0.05) is 24.8 Å². The number of rotatable bonds is 7. The van der Waals surface area contributed by atoms with E-state index in [2.05, 4.69) is 10.3 Å². The van der Waals surface area contributed by atoms with Crippen molar-refractivity contribution in [3.05, 3.63) is 53.7 Å². The van der Waals surface area contributed by atoms with E-state index in [-0.39, 0.29) is 17.4 Å². The lowest BCUT2D eigenvalue weighted by Crippen LogP contribution is -2.32. The van der Waals surface area contributed by atoms with Crippen molar-refractivity contribution in [1.29, 1.82) is 0 Å². The summed E-state index contributed by atoms with van der Waals surface area (Å²) in [6, 6.07) is 6.71. The minimum Gasteiger partial charge on any atom is -0.339 e. The number of hydrogen-bond acceptors (Lipinski definition) is 3. The third-order valence-electron chi connectivity index (χ3n) is 3.50. The molecule has 0 radical (unpaired) electrons. The van der Waals surface area contributed by atoms with Crippen LogP contribution in [0.3, 0.4) is 0 Å². The van der Waals surface area contributed by atoms with Crippen LogP contribution < -0.4 is 5.32 Å². The molecule has 0 spiro atoms. The second kappa shape index (κ2) is 8.38. The highest BCUT2D eigenvalue weighted by Crippen LogP contribution is 2.22. The van der Waals surface area contributed by atoms with E-state index in [1.54, 1.807) is 11.0 Å². The molecule has 4 nitrogen and oxygen atoms in total. The van der Waals surface area contributed by atoms with E-state index in [1.807, 2.05) is 13.8 Å². The van der Waals surface area contributed by atoms with Crippen LogP contribution in [0.1, 0.15) is 37.0 Å². The lowest BCUT2D eigenvalue weighted by Gasteiger charge is -2.21. The van der Waals surface area contributed by atoms with Gasteiger partial charge in [0.1, 0.15) is 23.1 Å². The Labute approximate surface area is 140 Å². The Kier molecular flexibility index (Phi) is 6.23. The molecular weight excluding hydrogens is 312 g/mol. The van der Waals surface area contributed by atoms with Crippen molar-refractivity contribution >= 4 is 17.4 Å². The summed E-state index contributed by atoms with van der Waals surface area (Å²) in [7, 11) is 0. The number of hydrogen-bond donors (Lipinski definition) is 1. The molecule has 0 aliphatic carbocycles. The average molecular weight is 333 g/mol. The molecule has 128 valence electrons. The maximum atomic E-state index is 13.7. The van der Waals surface area contributed by atoms with E-state index in [4.69, 9.17) is 0 Å². The third-order valence-corrected chi connectivity index (χ3v) is 3.50. The molecule has 2 aromatic rings. The first-order valence-corrected chi connectivity index (χ1v) is 8.03. The normalized spacial score (nSPS) is 10.5. The van der Waals surface area contributed by atoms with Crippen LogP contribution in [-0.4, -0.2) is 28.9 Å². The first-order valence-electron chi connectivity index (χ1n) is 8.03. The monoisotopic (exact) mass is 333 g/mol. The first kappa shape index (κ1) is 17.8. The summed E-state index contributed by atoms with van der Waals surface area (Å²) in [4.78, 5) is 18.4.